The van der Waals surface area contributed by atoms with Crippen molar-refractivity contribution in [1.29, 1.82) is 0 Å². The van der Waals surface area contributed by atoms with E-state index in [4.69, 9.17) is 19.9 Å². The van der Waals surface area contributed by atoms with Crippen LogP contribution >= 0.6 is 0 Å². The van der Waals surface area contributed by atoms with E-state index in [-0.39, 0.29) is 0 Å². The summed E-state index contributed by atoms with van der Waals surface area (Å²) in [5.41, 5.74) is 16.0. The molecule has 0 spiro atoms. The van der Waals surface area contributed by atoms with Crippen molar-refractivity contribution in [1.82, 2.24) is 24.9 Å². The van der Waals surface area contributed by atoms with E-state index in [0.29, 0.717) is 5.82 Å². The average molecular weight is 730 g/mol. The number of pyridine rings is 3. The van der Waals surface area contributed by atoms with Gasteiger partial charge < -0.3 is 0 Å². The molecule has 0 radical (unpaired) electrons. The molecule has 0 unspecified atom stereocenters. The van der Waals surface area contributed by atoms with Crippen LogP contribution in [-0.4, -0.2) is 24.9 Å². The number of nitrogens with zero attached hydrogens (tertiary/aromatic N) is 5. The van der Waals surface area contributed by atoms with Gasteiger partial charge in [-0.1, -0.05) is 158 Å². The minimum atomic E-state index is 0.698. The first-order chi connectivity index (χ1) is 28.1. The molecular weight excluding hydrogens is 695 g/mol. The standard InChI is InChI=1S/C52H35N5/c1-34-15-16-42-29-30-44-45(32-49(46-14-8-9-31-53-46)55-51(44)50(42)54-34)39-23-17-37(18-24-39)38-21-27-41(28-22-38)48-33-47(56-52(57-48)43-12-6-3-7-13-43)40-25-19-36(20-26-40)35-10-4-2-5-11-35/h2-33H,1H3. The highest BCUT2D eigenvalue weighted by Gasteiger charge is 2.15. The smallest absolute Gasteiger partial charge is 0.160 e. The van der Waals surface area contributed by atoms with Crippen molar-refractivity contribution in [2.45, 2.75) is 6.92 Å². The van der Waals surface area contributed by atoms with Crippen molar-refractivity contribution in [2.24, 2.45) is 0 Å². The van der Waals surface area contributed by atoms with Crippen LogP contribution in [-0.2, 0) is 0 Å². The van der Waals surface area contributed by atoms with Crippen molar-refractivity contribution in [3.8, 4) is 78.7 Å². The zero-order chi connectivity index (χ0) is 38.1. The molecule has 6 aromatic carbocycles. The van der Waals surface area contributed by atoms with Gasteiger partial charge in [-0.05, 0) is 70.6 Å². The zero-order valence-corrected chi connectivity index (χ0v) is 31.2. The number of hydrogen-bond acceptors (Lipinski definition) is 5. The van der Waals surface area contributed by atoms with E-state index in [1.165, 1.54) is 11.1 Å². The third-order valence-corrected chi connectivity index (χ3v) is 10.5. The Morgan fingerprint density at radius 3 is 1.46 bits per heavy atom. The number of benzene rings is 6. The van der Waals surface area contributed by atoms with Gasteiger partial charge in [-0.2, -0.15) is 0 Å². The molecule has 0 aliphatic carbocycles. The molecule has 10 aromatic rings. The van der Waals surface area contributed by atoms with Gasteiger partial charge in [-0.3, -0.25) is 9.97 Å². The highest BCUT2D eigenvalue weighted by molar-refractivity contribution is 6.09. The Kier molecular flexibility index (Phi) is 8.65. The van der Waals surface area contributed by atoms with Crippen LogP contribution in [0, 0.1) is 6.92 Å². The van der Waals surface area contributed by atoms with Gasteiger partial charge in [0.25, 0.3) is 0 Å². The van der Waals surface area contributed by atoms with Crippen LogP contribution in [0.2, 0.25) is 0 Å². The fourth-order valence-electron chi connectivity index (χ4n) is 7.45. The van der Waals surface area contributed by atoms with Gasteiger partial charge in [-0.25, -0.2) is 15.0 Å². The number of rotatable bonds is 7. The molecule has 0 saturated carbocycles. The monoisotopic (exact) mass is 729 g/mol. The third kappa shape index (κ3) is 6.72. The van der Waals surface area contributed by atoms with Crippen molar-refractivity contribution < 1.29 is 0 Å². The van der Waals surface area contributed by atoms with Crippen LogP contribution in [0.3, 0.4) is 0 Å². The molecule has 4 aromatic heterocycles. The Balaban J connectivity index is 0.993. The highest BCUT2D eigenvalue weighted by atomic mass is 14.9. The quantitative estimate of drug-likeness (QED) is 0.153. The Morgan fingerprint density at radius 2 is 0.860 bits per heavy atom. The van der Waals surface area contributed by atoms with E-state index in [1.54, 1.807) is 0 Å². The minimum absolute atomic E-state index is 0.698. The van der Waals surface area contributed by atoms with Gasteiger partial charge in [-0.15, -0.1) is 0 Å². The molecule has 0 aliphatic heterocycles. The minimum Gasteiger partial charge on any atom is -0.255 e. The van der Waals surface area contributed by atoms with E-state index in [0.717, 1.165) is 89.2 Å². The molecule has 0 aliphatic rings. The molecular formula is C52H35N5. The van der Waals surface area contributed by atoms with Crippen molar-refractivity contribution >= 4 is 21.8 Å². The normalized spacial score (nSPS) is 11.2. The second-order valence-corrected chi connectivity index (χ2v) is 14.2. The maximum absolute atomic E-state index is 5.13. The highest BCUT2D eigenvalue weighted by Crippen LogP contribution is 2.36. The molecule has 0 atom stereocenters. The fourth-order valence-corrected chi connectivity index (χ4v) is 7.45. The van der Waals surface area contributed by atoms with Gasteiger partial charge in [0, 0.05) is 39.4 Å². The molecule has 57 heavy (non-hydrogen) atoms. The second kappa shape index (κ2) is 14.5. The van der Waals surface area contributed by atoms with Crippen LogP contribution in [0.15, 0.2) is 194 Å². The maximum Gasteiger partial charge on any atom is 0.160 e. The lowest BCUT2D eigenvalue weighted by atomic mass is 9.95. The summed E-state index contributed by atoms with van der Waals surface area (Å²) in [6.45, 7) is 2.02. The number of fused-ring (bicyclic) bond motifs is 3. The first kappa shape index (κ1) is 33.9. The lowest BCUT2D eigenvalue weighted by molar-refractivity contribution is 1.18. The maximum atomic E-state index is 5.13. The SMILES string of the molecule is Cc1ccc2ccc3c(-c4ccc(-c5ccc(-c6cc(-c7ccc(-c8ccccc8)cc7)nc(-c7ccccc7)n6)cc5)cc4)cc(-c4ccccn4)nc3c2n1. The molecule has 268 valence electrons. The predicted molar refractivity (Wildman–Crippen MR) is 233 cm³/mol. The second-order valence-electron chi connectivity index (χ2n) is 14.2. The first-order valence-corrected chi connectivity index (χ1v) is 19.1. The summed E-state index contributed by atoms with van der Waals surface area (Å²) < 4.78 is 0. The van der Waals surface area contributed by atoms with Crippen LogP contribution in [0.5, 0.6) is 0 Å². The predicted octanol–water partition coefficient (Wildman–Crippen LogP) is 12.9. The van der Waals surface area contributed by atoms with E-state index in [2.05, 4.69) is 145 Å². The molecule has 0 saturated heterocycles. The Labute approximate surface area is 331 Å². The molecule has 0 fully saturated rings. The van der Waals surface area contributed by atoms with E-state index < -0.39 is 0 Å². The zero-order valence-electron chi connectivity index (χ0n) is 31.2. The van der Waals surface area contributed by atoms with Gasteiger partial charge in [0.1, 0.15) is 0 Å². The Hall–Kier alpha value is -7.63. The molecule has 0 N–H and O–H groups in total. The van der Waals surface area contributed by atoms with Crippen LogP contribution in [0.25, 0.3) is 100 Å². The number of aryl methyl sites for hydroxylation is 1. The van der Waals surface area contributed by atoms with Crippen LogP contribution in [0.1, 0.15) is 5.69 Å². The van der Waals surface area contributed by atoms with Crippen molar-refractivity contribution in [2.75, 3.05) is 0 Å². The van der Waals surface area contributed by atoms with Crippen molar-refractivity contribution in [3.05, 3.63) is 200 Å². The summed E-state index contributed by atoms with van der Waals surface area (Å²) >= 11 is 0. The Bertz CT molecular complexity index is 3020. The van der Waals surface area contributed by atoms with E-state index in [1.807, 2.05) is 61.7 Å². The molecule has 5 heteroatoms. The third-order valence-electron chi connectivity index (χ3n) is 10.5. The van der Waals surface area contributed by atoms with Crippen molar-refractivity contribution in [3.63, 3.8) is 0 Å². The van der Waals surface area contributed by atoms with Crippen LogP contribution < -0.4 is 0 Å². The largest absolute Gasteiger partial charge is 0.255 e. The summed E-state index contributed by atoms with van der Waals surface area (Å²) in [7, 11) is 0. The molecule has 4 heterocycles. The topological polar surface area (TPSA) is 64.5 Å². The number of aromatic nitrogens is 5. The fraction of sp³-hybridized carbons (Fsp3) is 0.0192. The number of hydrogen-bond donors (Lipinski definition) is 0. The molecule has 5 nitrogen and oxygen atoms in total. The van der Waals surface area contributed by atoms with E-state index >= 15 is 0 Å². The van der Waals surface area contributed by atoms with Gasteiger partial charge in [0.2, 0.25) is 0 Å². The van der Waals surface area contributed by atoms with Gasteiger partial charge in [0.05, 0.1) is 33.8 Å². The lowest BCUT2D eigenvalue weighted by Crippen LogP contribution is -1.96. The lowest BCUT2D eigenvalue weighted by Gasteiger charge is -2.13. The summed E-state index contributed by atoms with van der Waals surface area (Å²) in [6.07, 6.45) is 1.81. The average Bonchev–Trinajstić information content (AvgIpc) is 3.29. The summed E-state index contributed by atoms with van der Waals surface area (Å²) in [4.78, 5) is 24.8. The molecule has 0 bridgehead atoms. The van der Waals surface area contributed by atoms with E-state index in [9.17, 15) is 0 Å². The van der Waals surface area contributed by atoms with Gasteiger partial charge >= 0.3 is 0 Å². The Morgan fingerprint density at radius 1 is 0.333 bits per heavy atom. The first-order valence-electron chi connectivity index (χ1n) is 19.1. The summed E-state index contributed by atoms with van der Waals surface area (Å²) in [5.74, 6) is 0.698. The van der Waals surface area contributed by atoms with Gasteiger partial charge in [0.15, 0.2) is 5.82 Å². The van der Waals surface area contributed by atoms with Crippen LogP contribution in [0.4, 0.5) is 0 Å². The summed E-state index contributed by atoms with van der Waals surface area (Å²) in [5, 5.41) is 2.12. The molecule has 10 rings (SSSR count). The summed E-state index contributed by atoms with van der Waals surface area (Å²) in [6, 6.07) is 65.2. The molecule has 0 amide bonds.